The molecule has 0 spiro atoms. The molecule has 1 atom stereocenters. The number of aryl methyl sites for hydroxylation is 1. The summed E-state index contributed by atoms with van der Waals surface area (Å²) >= 11 is 0. The first-order chi connectivity index (χ1) is 9.56. The van der Waals surface area contributed by atoms with Crippen molar-refractivity contribution < 1.29 is 9.13 Å². The van der Waals surface area contributed by atoms with Crippen molar-refractivity contribution in [3.63, 3.8) is 0 Å². The molecule has 6 heteroatoms. The minimum absolute atomic E-state index is 0.0185. The van der Waals surface area contributed by atoms with Crippen molar-refractivity contribution in [3.8, 4) is 0 Å². The first-order valence-corrected chi connectivity index (χ1v) is 6.94. The zero-order chi connectivity index (χ0) is 14.5. The first-order valence-electron chi connectivity index (χ1n) is 5.83. The van der Waals surface area contributed by atoms with Gasteiger partial charge in [-0.15, -0.1) is 0 Å². The van der Waals surface area contributed by atoms with Gasteiger partial charge in [0.1, 0.15) is 0 Å². The van der Waals surface area contributed by atoms with Gasteiger partial charge in [-0.1, -0.05) is 29.8 Å². The summed E-state index contributed by atoms with van der Waals surface area (Å²) in [5.74, 6) is 0. The summed E-state index contributed by atoms with van der Waals surface area (Å²) in [6, 6.07) is 13.2. The molecule has 2 aromatic carbocycles. The van der Waals surface area contributed by atoms with E-state index in [1.165, 1.54) is 18.3 Å². The van der Waals surface area contributed by atoms with Crippen molar-refractivity contribution >= 4 is 22.9 Å². The highest BCUT2D eigenvalue weighted by Crippen LogP contribution is 2.13. The summed E-state index contributed by atoms with van der Waals surface area (Å²) in [6.07, 6.45) is 1.38. The molecule has 0 unspecified atom stereocenters. The van der Waals surface area contributed by atoms with Gasteiger partial charge in [-0.25, -0.2) is 4.21 Å². The van der Waals surface area contributed by atoms with Crippen LogP contribution in [0.15, 0.2) is 57.8 Å². The van der Waals surface area contributed by atoms with E-state index in [4.69, 9.17) is 0 Å². The van der Waals surface area contributed by atoms with Crippen LogP contribution in [0, 0.1) is 17.0 Å². The predicted molar refractivity (Wildman–Crippen MR) is 78.3 cm³/mol. The molecule has 0 N–H and O–H groups in total. The lowest BCUT2D eigenvalue weighted by Crippen LogP contribution is -1.91. The van der Waals surface area contributed by atoms with E-state index in [1.54, 1.807) is 24.3 Å². The second-order valence-corrected chi connectivity index (χ2v) is 5.33. The maximum atomic E-state index is 11.9. The number of rotatable bonds is 4. The van der Waals surface area contributed by atoms with E-state index in [-0.39, 0.29) is 5.69 Å². The topological polar surface area (TPSA) is 72.6 Å². The highest BCUT2D eigenvalue weighted by molar-refractivity contribution is 7.83. The SMILES string of the molecule is Cc1ccc([S@](=O)/N=C/c2cccc([N+](=O)[O-])c2)cc1. The van der Waals surface area contributed by atoms with Crippen LogP contribution in [0.4, 0.5) is 5.69 Å². The zero-order valence-electron chi connectivity index (χ0n) is 10.7. The number of nitro benzene ring substituents is 1. The minimum atomic E-state index is -1.51. The minimum Gasteiger partial charge on any atom is -0.258 e. The molecule has 0 amide bonds. The first kappa shape index (κ1) is 14.1. The van der Waals surface area contributed by atoms with Crippen LogP contribution in [0.1, 0.15) is 11.1 Å². The second-order valence-electron chi connectivity index (χ2n) is 4.15. The van der Waals surface area contributed by atoms with Crippen molar-refractivity contribution in [2.45, 2.75) is 11.8 Å². The van der Waals surface area contributed by atoms with E-state index in [2.05, 4.69) is 4.40 Å². The van der Waals surface area contributed by atoms with Gasteiger partial charge >= 0.3 is 0 Å². The van der Waals surface area contributed by atoms with Crippen molar-refractivity contribution in [1.82, 2.24) is 0 Å². The van der Waals surface area contributed by atoms with Crippen molar-refractivity contribution in [3.05, 3.63) is 69.8 Å². The van der Waals surface area contributed by atoms with Crippen molar-refractivity contribution in [2.24, 2.45) is 4.40 Å². The fourth-order valence-electron chi connectivity index (χ4n) is 1.54. The van der Waals surface area contributed by atoms with E-state index in [9.17, 15) is 14.3 Å². The van der Waals surface area contributed by atoms with Crippen LogP contribution < -0.4 is 0 Å². The average molecular weight is 288 g/mol. The fraction of sp³-hybridized carbons (Fsp3) is 0.0714. The Kier molecular flexibility index (Phi) is 4.37. The molecule has 0 saturated carbocycles. The number of hydrogen-bond donors (Lipinski definition) is 0. The van der Waals surface area contributed by atoms with Crippen LogP contribution in [0.3, 0.4) is 0 Å². The van der Waals surface area contributed by atoms with Crippen LogP contribution in [-0.2, 0) is 11.0 Å². The molecule has 0 fully saturated rings. The molecule has 0 saturated heterocycles. The van der Waals surface area contributed by atoms with Gasteiger partial charge in [-0.3, -0.25) is 10.1 Å². The van der Waals surface area contributed by atoms with Crippen molar-refractivity contribution in [2.75, 3.05) is 0 Å². The Bertz CT molecular complexity index is 681. The van der Waals surface area contributed by atoms with E-state index in [0.717, 1.165) is 5.56 Å². The largest absolute Gasteiger partial charge is 0.270 e. The maximum absolute atomic E-state index is 11.9. The summed E-state index contributed by atoms with van der Waals surface area (Å²) < 4.78 is 15.8. The molecule has 0 radical (unpaired) electrons. The van der Waals surface area contributed by atoms with Crippen LogP contribution in [0.5, 0.6) is 0 Å². The zero-order valence-corrected chi connectivity index (χ0v) is 11.5. The monoisotopic (exact) mass is 288 g/mol. The summed E-state index contributed by atoms with van der Waals surface area (Å²) in [6.45, 7) is 1.94. The lowest BCUT2D eigenvalue weighted by atomic mass is 10.2. The second kappa shape index (κ2) is 6.21. The fourth-order valence-corrected chi connectivity index (χ4v) is 2.25. The van der Waals surface area contributed by atoms with Gasteiger partial charge in [0.15, 0.2) is 11.0 Å². The molecule has 0 bridgehead atoms. The van der Waals surface area contributed by atoms with Gasteiger partial charge in [-0.05, 0) is 19.1 Å². The maximum Gasteiger partial charge on any atom is 0.270 e. The van der Waals surface area contributed by atoms with Crippen LogP contribution in [0.25, 0.3) is 0 Å². The molecular formula is C14H12N2O3S. The molecular weight excluding hydrogens is 276 g/mol. The van der Waals surface area contributed by atoms with E-state index in [1.807, 2.05) is 19.1 Å². The Morgan fingerprint density at radius 3 is 2.55 bits per heavy atom. The number of hydrogen-bond acceptors (Lipinski definition) is 3. The molecule has 2 rings (SSSR count). The molecule has 0 heterocycles. The smallest absolute Gasteiger partial charge is 0.258 e. The normalized spacial score (nSPS) is 12.4. The standard InChI is InChI=1S/C14H12N2O3S/c1-11-5-7-14(8-6-11)20(19)15-10-12-3-2-4-13(9-12)16(17)18/h2-10H,1H3/b15-10+/t20-/m0/s1. The number of nitro groups is 1. The highest BCUT2D eigenvalue weighted by Gasteiger charge is 2.05. The van der Waals surface area contributed by atoms with E-state index in [0.29, 0.717) is 10.5 Å². The van der Waals surface area contributed by atoms with Crippen LogP contribution in [0.2, 0.25) is 0 Å². The van der Waals surface area contributed by atoms with Crippen molar-refractivity contribution in [1.29, 1.82) is 0 Å². The molecule has 102 valence electrons. The molecule has 0 aliphatic carbocycles. The molecule has 20 heavy (non-hydrogen) atoms. The molecule has 0 aliphatic rings. The van der Waals surface area contributed by atoms with Gasteiger partial charge in [0.2, 0.25) is 0 Å². The summed E-state index contributed by atoms with van der Waals surface area (Å²) in [5.41, 5.74) is 1.60. The van der Waals surface area contributed by atoms with Gasteiger partial charge in [0.25, 0.3) is 5.69 Å². The summed E-state index contributed by atoms with van der Waals surface area (Å²) in [7, 11) is -1.51. The average Bonchev–Trinajstić information content (AvgIpc) is 2.46. The van der Waals surface area contributed by atoms with Crippen LogP contribution >= 0.6 is 0 Å². The van der Waals surface area contributed by atoms with Gasteiger partial charge in [0, 0.05) is 23.9 Å². The molecule has 5 nitrogen and oxygen atoms in total. The number of benzene rings is 2. The Morgan fingerprint density at radius 1 is 1.20 bits per heavy atom. The van der Waals surface area contributed by atoms with Gasteiger partial charge < -0.3 is 0 Å². The predicted octanol–water partition coefficient (Wildman–Crippen LogP) is 3.04. The quantitative estimate of drug-likeness (QED) is 0.493. The van der Waals surface area contributed by atoms with Crippen LogP contribution in [-0.4, -0.2) is 15.3 Å². The Morgan fingerprint density at radius 2 is 1.90 bits per heavy atom. The third kappa shape index (κ3) is 3.58. The Hall–Kier alpha value is -2.34. The van der Waals surface area contributed by atoms with Gasteiger partial charge in [0.05, 0.1) is 9.82 Å². The lowest BCUT2D eigenvalue weighted by molar-refractivity contribution is -0.384. The Labute approximate surface area is 118 Å². The van der Waals surface area contributed by atoms with E-state index >= 15 is 0 Å². The van der Waals surface area contributed by atoms with Gasteiger partial charge in [-0.2, -0.15) is 4.40 Å². The molecule has 2 aromatic rings. The lowest BCUT2D eigenvalue weighted by Gasteiger charge is -1.97. The summed E-state index contributed by atoms with van der Waals surface area (Å²) in [4.78, 5) is 10.8. The molecule has 0 aromatic heterocycles. The Balaban J connectivity index is 2.16. The highest BCUT2D eigenvalue weighted by atomic mass is 32.2. The molecule has 0 aliphatic heterocycles. The third-order valence-electron chi connectivity index (χ3n) is 2.60. The number of non-ortho nitro benzene ring substituents is 1. The number of nitrogens with zero attached hydrogens (tertiary/aromatic N) is 2. The third-order valence-corrected chi connectivity index (χ3v) is 3.57. The summed E-state index contributed by atoms with van der Waals surface area (Å²) in [5, 5.41) is 10.6. The van der Waals surface area contributed by atoms with E-state index < -0.39 is 15.9 Å².